The normalized spacial score (nSPS) is 38.6. The van der Waals surface area contributed by atoms with E-state index in [1.807, 2.05) is 13.8 Å². The second kappa shape index (κ2) is 5.32. The lowest BCUT2D eigenvalue weighted by molar-refractivity contribution is -0.324. The van der Waals surface area contributed by atoms with E-state index in [1.165, 1.54) is 0 Å². The molecule has 0 saturated carbocycles. The Balaban J connectivity index is 3.33. The second-order valence-corrected chi connectivity index (χ2v) is 7.19. The molecule has 4 unspecified atom stereocenters. The first kappa shape index (κ1) is 16.3. The molecular weight excluding hydrogens is 266 g/mol. The topological polar surface area (TPSA) is 106 Å². The maximum absolute atomic E-state index is 11.6. The Labute approximate surface area is 117 Å². The molecule has 1 aliphatic heterocycles. The molecule has 0 aromatic heterocycles. The van der Waals surface area contributed by atoms with Crippen molar-refractivity contribution in [1.82, 2.24) is 0 Å². The van der Waals surface area contributed by atoms with Crippen molar-refractivity contribution < 1.29 is 19.8 Å². The maximum atomic E-state index is 11.6. The van der Waals surface area contributed by atoms with Gasteiger partial charge in [0.2, 0.25) is 0 Å². The molecular formula is C13H21NO4S-2. The van der Waals surface area contributed by atoms with E-state index in [-0.39, 0.29) is 12.3 Å². The van der Waals surface area contributed by atoms with E-state index < -0.39 is 33.4 Å². The van der Waals surface area contributed by atoms with Crippen LogP contribution in [0.4, 0.5) is 0 Å². The van der Waals surface area contributed by atoms with Crippen molar-refractivity contribution in [3.05, 3.63) is 0 Å². The molecule has 0 radical (unpaired) electrons. The van der Waals surface area contributed by atoms with Crippen LogP contribution >= 0.6 is 11.8 Å². The smallest absolute Gasteiger partial charge is 0.0629 e. The molecule has 0 aliphatic carbocycles. The predicted octanol–water partition coefficient (Wildman–Crippen LogP) is -0.665. The highest BCUT2D eigenvalue weighted by Gasteiger charge is 2.60. The van der Waals surface area contributed by atoms with Crippen LogP contribution in [0.5, 0.6) is 0 Å². The summed E-state index contributed by atoms with van der Waals surface area (Å²) in [6, 6.07) is 0. The monoisotopic (exact) mass is 287 g/mol. The fourth-order valence-corrected chi connectivity index (χ4v) is 5.25. The first-order valence-electron chi connectivity index (χ1n) is 6.51. The summed E-state index contributed by atoms with van der Waals surface area (Å²) in [7, 11) is 0. The molecule has 5 nitrogen and oxygen atoms in total. The lowest BCUT2D eigenvalue weighted by Gasteiger charge is -2.42. The quantitative estimate of drug-likeness (QED) is 0.719. The highest BCUT2D eigenvalue weighted by molar-refractivity contribution is 8.02. The number of thioether (sulfide) groups is 1. The lowest BCUT2D eigenvalue weighted by Crippen LogP contribution is -2.57. The van der Waals surface area contributed by atoms with Gasteiger partial charge in [0.05, 0.1) is 22.1 Å². The van der Waals surface area contributed by atoms with Gasteiger partial charge < -0.3 is 25.5 Å². The summed E-state index contributed by atoms with van der Waals surface area (Å²) in [5.74, 6) is -3.03. The number of hydrogen-bond donors (Lipinski definition) is 1. The van der Waals surface area contributed by atoms with Crippen LogP contribution in [0.3, 0.4) is 0 Å². The van der Waals surface area contributed by atoms with Crippen LogP contribution in [-0.4, -0.2) is 22.1 Å². The standard InChI is InChI=1S/C13H23NO4S/c1-5-12(10(15)16)8(4)13(11(17)18,6-7(2)3)19-9(12)14/h7-9H,5-6,14H2,1-4H3,(H,15,16)(H,17,18)/p-2. The third-order valence-electron chi connectivity index (χ3n) is 4.34. The first-order valence-corrected chi connectivity index (χ1v) is 7.39. The molecule has 1 fully saturated rings. The van der Waals surface area contributed by atoms with E-state index >= 15 is 0 Å². The van der Waals surface area contributed by atoms with Crippen molar-refractivity contribution in [3.63, 3.8) is 0 Å². The van der Waals surface area contributed by atoms with E-state index in [1.54, 1.807) is 13.8 Å². The molecule has 1 heterocycles. The number of aliphatic carboxylic acids is 2. The van der Waals surface area contributed by atoms with Crippen molar-refractivity contribution in [2.45, 2.75) is 50.7 Å². The molecule has 1 aliphatic rings. The Morgan fingerprint density at radius 2 is 1.84 bits per heavy atom. The summed E-state index contributed by atoms with van der Waals surface area (Å²) in [4.78, 5) is 23.2. The fraction of sp³-hybridized carbons (Fsp3) is 0.846. The van der Waals surface area contributed by atoms with Gasteiger partial charge >= 0.3 is 0 Å². The average Bonchev–Trinajstić information content (AvgIpc) is 2.48. The van der Waals surface area contributed by atoms with Gasteiger partial charge in [-0.3, -0.25) is 0 Å². The van der Waals surface area contributed by atoms with E-state index in [4.69, 9.17) is 5.73 Å². The third-order valence-corrected chi connectivity index (χ3v) is 6.12. The second-order valence-electron chi connectivity index (χ2n) is 5.72. The van der Waals surface area contributed by atoms with Crippen molar-refractivity contribution >= 4 is 23.7 Å². The highest BCUT2D eigenvalue weighted by Crippen LogP contribution is 2.59. The van der Waals surface area contributed by atoms with E-state index in [0.717, 1.165) is 11.8 Å². The average molecular weight is 287 g/mol. The van der Waals surface area contributed by atoms with Crippen LogP contribution in [0.25, 0.3) is 0 Å². The summed E-state index contributed by atoms with van der Waals surface area (Å²) in [6.45, 7) is 7.13. The Bertz CT molecular complexity index is 387. The molecule has 0 aromatic carbocycles. The number of rotatable bonds is 5. The number of hydrogen-bond acceptors (Lipinski definition) is 6. The SMILES string of the molecule is CCC1(C(=O)[O-])C(N)SC(CC(C)C)(C(=O)[O-])C1C. The van der Waals surface area contributed by atoms with Gasteiger partial charge in [-0.2, -0.15) is 0 Å². The zero-order valence-electron chi connectivity index (χ0n) is 11.8. The Morgan fingerprint density at radius 1 is 1.32 bits per heavy atom. The summed E-state index contributed by atoms with van der Waals surface area (Å²) in [5, 5.41) is 22.4. The summed E-state index contributed by atoms with van der Waals surface area (Å²) in [5.41, 5.74) is 4.64. The Hall–Kier alpha value is -0.750. The number of nitrogens with two attached hydrogens (primary N) is 1. The van der Waals surface area contributed by atoms with Gasteiger partial charge in [0.15, 0.2) is 0 Å². The zero-order valence-corrected chi connectivity index (χ0v) is 12.6. The van der Waals surface area contributed by atoms with E-state index in [2.05, 4.69) is 0 Å². The minimum atomic E-state index is -1.32. The predicted molar refractivity (Wildman–Crippen MR) is 69.7 cm³/mol. The number of carbonyl (C=O) groups is 2. The van der Waals surface area contributed by atoms with Crippen LogP contribution in [-0.2, 0) is 9.59 Å². The van der Waals surface area contributed by atoms with Gasteiger partial charge in [-0.05, 0) is 24.7 Å². The van der Waals surface area contributed by atoms with Gasteiger partial charge in [-0.25, -0.2) is 0 Å². The molecule has 0 bridgehead atoms. The van der Waals surface area contributed by atoms with Gasteiger partial charge in [-0.15, -0.1) is 11.8 Å². The molecule has 6 heteroatoms. The summed E-state index contributed by atoms with van der Waals surface area (Å²) < 4.78 is -1.26. The van der Waals surface area contributed by atoms with Crippen molar-refractivity contribution in [2.75, 3.05) is 0 Å². The van der Waals surface area contributed by atoms with Crippen LogP contribution in [0.1, 0.15) is 40.5 Å². The first-order chi connectivity index (χ1) is 8.65. The summed E-state index contributed by atoms with van der Waals surface area (Å²) in [6.07, 6.45) is 0.585. The molecule has 0 aromatic rings. The molecule has 2 N–H and O–H groups in total. The number of carboxylic acid groups (broad SMARTS) is 2. The molecule has 0 amide bonds. The highest BCUT2D eigenvalue weighted by atomic mass is 32.2. The molecule has 0 spiro atoms. The van der Waals surface area contributed by atoms with E-state index in [0.29, 0.717) is 6.42 Å². The molecule has 1 rings (SSSR count). The van der Waals surface area contributed by atoms with E-state index in [9.17, 15) is 19.8 Å². The summed E-state index contributed by atoms with van der Waals surface area (Å²) >= 11 is 1.01. The van der Waals surface area contributed by atoms with Gasteiger partial charge in [0.1, 0.15) is 0 Å². The zero-order chi connectivity index (χ0) is 15.0. The molecule has 19 heavy (non-hydrogen) atoms. The van der Waals surface area contributed by atoms with Crippen LogP contribution in [0.2, 0.25) is 0 Å². The minimum Gasteiger partial charge on any atom is -0.549 e. The molecule has 4 atom stereocenters. The van der Waals surface area contributed by atoms with Crippen molar-refractivity contribution in [1.29, 1.82) is 0 Å². The van der Waals surface area contributed by atoms with Crippen molar-refractivity contribution in [3.8, 4) is 0 Å². The maximum Gasteiger partial charge on any atom is 0.0629 e. The van der Waals surface area contributed by atoms with Gasteiger partial charge in [-0.1, -0.05) is 27.7 Å². The fourth-order valence-electron chi connectivity index (χ4n) is 3.18. The largest absolute Gasteiger partial charge is 0.549 e. The molecule has 1 saturated heterocycles. The Morgan fingerprint density at radius 3 is 2.11 bits per heavy atom. The van der Waals surface area contributed by atoms with Gasteiger partial charge in [0, 0.05) is 5.41 Å². The minimum absolute atomic E-state index is 0.106. The number of carbonyl (C=O) groups excluding carboxylic acids is 2. The van der Waals surface area contributed by atoms with Crippen LogP contribution < -0.4 is 15.9 Å². The lowest BCUT2D eigenvalue weighted by atomic mass is 9.67. The van der Waals surface area contributed by atoms with Crippen LogP contribution in [0, 0.1) is 17.3 Å². The van der Waals surface area contributed by atoms with Crippen molar-refractivity contribution in [2.24, 2.45) is 23.0 Å². The number of carboxylic acids is 2. The van der Waals surface area contributed by atoms with Gasteiger partial charge in [0.25, 0.3) is 0 Å². The third kappa shape index (κ3) is 2.25. The van der Waals surface area contributed by atoms with Crippen LogP contribution in [0.15, 0.2) is 0 Å². The molecule has 110 valence electrons. The Kier molecular flexibility index (Phi) is 4.57.